The molecular weight excluding hydrogens is 166 g/mol. The molecule has 0 heterocycles. The second-order valence-electron chi connectivity index (χ2n) is 3.04. The Kier molecular flexibility index (Phi) is 3.03. The number of primary amides is 1. The Hall–Kier alpha value is -1.35. The van der Waals surface area contributed by atoms with Gasteiger partial charge in [-0.2, -0.15) is 0 Å². The molecule has 3 nitrogen and oxygen atoms in total. The molecule has 0 spiro atoms. The minimum Gasteiger partial charge on any atom is -0.396 e. The lowest BCUT2D eigenvalue weighted by Crippen LogP contribution is -2.15. The van der Waals surface area contributed by atoms with Gasteiger partial charge in [-0.1, -0.05) is 25.1 Å². The number of carbonyl (C=O) groups is 1. The number of aliphatic hydroxyl groups excluding tert-OH is 1. The van der Waals surface area contributed by atoms with Crippen molar-refractivity contribution in [2.75, 3.05) is 6.61 Å². The molecule has 0 unspecified atom stereocenters. The van der Waals surface area contributed by atoms with Crippen LogP contribution in [0.4, 0.5) is 0 Å². The van der Waals surface area contributed by atoms with Crippen molar-refractivity contribution in [3.63, 3.8) is 0 Å². The smallest absolute Gasteiger partial charge is 0.248 e. The lowest BCUT2D eigenvalue weighted by molar-refractivity contribution is 0.0998. The van der Waals surface area contributed by atoms with Crippen LogP contribution in [-0.2, 0) is 0 Å². The van der Waals surface area contributed by atoms with Crippen LogP contribution in [0.3, 0.4) is 0 Å². The minimum absolute atomic E-state index is 0.0181. The summed E-state index contributed by atoms with van der Waals surface area (Å²) in [5, 5.41) is 8.94. The van der Waals surface area contributed by atoms with Gasteiger partial charge in [-0.25, -0.2) is 0 Å². The van der Waals surface area contributed by atoms with Crippen molar-refractivity contribution < 1.29 is 9.90 Å². The molecule has 0 saturated heterocycles. The fourth-order valence-corrected chi connectivity index (χ4v) is 1.25. The first-order valence-electron chi connectivity index (χ1n) is 4.16. The van der Waals surface area contributed by atoms with Crippen molar-refractivity contribution in [2.45, 2.75) is 12.8 Å². The highest BCUT2D eigenvalue weighted by Gasteiger charge is 2.11. The number of carbonyl (C=O) groups excluding carboxylic acids is 1. The fourth-order valence-electron chi connectivity index (χ4n) is 1.25. The van der Waals surface area contributed by atoms with Gasteiger partial charge in [0.1, 0.15) is 0 Å². The van der Waals surface area contributed by atoms with Crippen molar-refractivity contribution in [1.82, 2.24) is 0 Å². The molecule has 0 saturated carbocycles. The third-order valence-corrected chi connectivity index (χ3v) is 2.03. The quantitative estimate of drug-likeness (QED) is 0.723. The third-order valence-electron chi connectivity index (χ3n) is 2.03. The predicted molar refractivity (Wildman–Crippen MR) is 50.5 cm³/mol. The van der Waals surface area contributed by atoms with Gasteiger partial charge in [0.15, 0.2) is 0 Å². The van der Waals surface area contributed by atoms with E-state index in [1.807, 2.05) is 13.0 Å². The van der Waals surface area contributed by atoms with E-state index in [-0.39, 0.29) is 12.5 Å². The number of rotatable bonds is 3. The van der Waals surface area contributed by atoms with Gasteiger partial charge in [0.25, 0.3) is 0 Å². The number of nitrogens with two attached hydrogens (primary N) is 1. The summed E-state index contributed by atoms with van der Waals surface area (Å²) in [6.07, 6.45) is 0. The molecule has 1 atom stereocenters. The van der Waals surface area contributed by atoms with Gasteiger partial charge >= 0.3 is 0 Å². The van der Waals surface area contributed by atoms with Crippen molar-refractivity contribution in [3.8, 4) is 0 Å². The standard InChI is InChI=1S/C10H13NO2/c1-7(6-12)8-4-2-3-5-9(8)10(11)13/h2-5,7,12H,6H2,1H3,(H2,11,13)/t7-/m1/s1. The summed E-state index contributed by atoms with van der Waals surface area (Å²) in [6.45, 7) is 1.87. The van der Waals surface area contributed by atoms with Crippen molar-refractivity contribution in [2.24, 2.45) is 5.73 Å². The van der Waals surface area contributed by atoms with Gasteiger partial charge < -0.3 is 10.8 Å². The van der Waals surface area contributed by atoms with E-state index in [1.165, 1.54) is 0 Å². The van der Waals surface area contributed by atoms with Gasteiger partial charge in [0, 0.05) is 18.1 Å². The highest BCUT2D eigenvalue weighted by atomic mass is 16.3. The number of amides is 1. The molecule has 1 amide bonds. The van der Waals surface area contributed by atoms with Crippen LogP contribution in [0, 0.1) is 0 Å². The number of aliphatic hydroxyl groups is 1. The Morgan fingerprint density at radius 1 is 1.54 bits per heavy atom. The van der Waals surface area contributed by atoms with E-state index in [9.17, 15) is 4.79 Å². The van der Waals surface area contributed by atoms with Gasteiger partial charge in [-0.3, -0.25) is 4.79 Å². The Morgan fingerprint density at radius 2 is 2.15 bits per heavy atom. The van der Waals surface area contributed by atoms with Gasteiger partial charge in [0.2, 0.25) is 5.91 Å². The molecule has 3 heteroatoms. The van der Waals surface area contributed by atoms with Gasteiger partial charge in [-0.05, 0) is 11.6 Å². The van der Waals surface area contributed by atoms with Crippen molar-refractivity contribution in [1.29, 1.82) is 0 Å². The highest BCUT2D eigenvalue weighted by Crippen LogP contribution is 2.18. The number of benzene rings is 1. The maximum atomic E-state index is 11.0. The molecule has 70 valence electrons. The van der Waals surface area contributed by atoms with Crippen LogP contribution >= 0.6 is 0 Å². The van der Waals surface area contributed by atoms with E-state index in [4.69, 9.17) is 10.8 Å². The van der Waals surface area contributed by atoms with Crippen molar-refractivity contribution in [3.05, 3.63) is 35.4 Å². The normalized spacial score (nSPS) is 12.5. The van der Waals surface area contributed by atoms with E-state index in [0.29, 0.717) is 5.56 Å². The molecule has 13 heavy (non-hydrogen) atoms. The van der Waals surface area contributed by atoms with E-state index in [1.54, 1.807) is 18.2 Å². The molecule has 1 aromatic carbocycles. The van der Waals surface area contributed by atoms with Crippen LogP contribution in [0.5, 0.6) is 0 Å². The average molecular weight is 179 g/mol. The summed E-state index contributed by atoms with van der Waals surface area (Å²) in [6, 6.07) is 7.06. The molecule has 3 N–H and O–H groups in total. The zero-order valence-electron chi connectivity index (χ0n) is 7.53. The summed E-state index contributed by atoms with van der Waals surface area (Å²) < 4.78 is 0. The van der Waals surface area contributed by atoms with Gasteiger partial charge in [0.05, 0.1) is 0 Å². The summed E-state index contributed by atoms with van der Waals surface area (Å²) in [7, 11) is 0. The molecule has 0 fully saturated rings. The Labute approximate surface area is 77.2 Å². The zero-order chi connectivity index (χ0) is 9.84. The lowest BCUT2D eigenvalue weighted by atomic mass is 9.96. The predicted octanol–water partition coefficient (Wildman–Crippen LogP) is 0.881. The molecule has 0 aliphatic rings. The first kappa shape index (κ1) is 9.74. The molecule has 1 rings (SSSR count). The topological polar surface area (TPSA) is 63.3 Å². The van der Waals surface area contributed by atoms with Crippen molar-refractivity contribution >= 4 is 5.91 Å². The van der Waals surface area contributed by atoms with Crippen LogP contribution < -0.4 is 5.73 Å². The molecule has 0 aliphatic heterocycles. The Morgan fingerprint density at radius 3 is 2.69 bits per heavy atom. The van der Waals surface area contributed by atoms with Crippen LogP contribution in [-0.4, -0.2) is 17.6 Å². The van der Waals surface area contributed by atoms with Crippen LogP contribution in [0.2, 0.25) is 0 Å². The average Bonchev–Trinajstić information content (AvgIpc) is 2.16. The molecular formula is C10H13NO2. The second-order valence-corrected chi connectivity index (χ2v) is 3.04. The molecule has 0 aliphatic carbocycles. The van der Waals surface area contributed by atoms with E-state index >= 15 is 0 Å². The zero-order valence-corrected chi connectivity index (χ0v) is 7.53. The SMILES string of the molecule is C[C@H](CO)c1ccccc1C(N)=O. The molecule has 0 aromatic heterocycles. The first-order chi connectivity index (χ1) is 6.16. The van der Waals surface area contributed by atoms with Crippen LogP contribution in [0.1, 0.15) is 28.8 Å². The van der Waals surface area contributed by atoms with E-state index in [2.05, 4.69) is 0 Å². The van der Waals surface area contributed by atoms with Crippen LogP contribution in [0.25, 0.3) is 0 Å². The molecule has 0 bridgehead atoms. The number of hydrogen-bond donors (Lipinski definition) is 2. The maximum absolute atomic E-state index is 11.0. The first-order valence-corrected chi connectivity index (χ1v) is 4.16. The third kappa shape index (κ3) is 2.06. The van der Waals surface area contributed by atoms with E-state index in [0.717, 1.165) is 5.56 Å². The summed E-state index contributed by atoms with van der Waals surface area (Å²) >= 11 is 0. The fraction of sp³-hybridized carbons (Fsp3) is 0.300. The summed E-state index contributed by atoms with van der Waals surface area (Å²) in [5.41, 5.74) is 6.48. The minimum atomic E-state index is -0.448. The lowest BCUT2D eigenvalue weighted by Gasteiger charge is -2.11. The highest BCUT2D eigenvalue weighted by molar-refractivity contribution is 5.94. The second kappa shape index (κ2) is 4.05. The largest absolute Gasteiger partial charge is 0.396 e. The molecule has 0 radical (unpaired) electrons. The van der Waals surface area contributed by atoms with Gasteiger partial charge in [-0.15, -0.1) is 0 Å². The number of hydrogen-bond acceptors (Lipinski definition) is 2. The molecule has 1 aromatic rings. The summed E-state index contributed by atoms with van der Waals surface area (Å²) in [5.74, 6) is -0.500. The Balaban J connectivity index is 3.11. The monoisotopic (exact) mass is 179 g/mol. The summed E-state index contributed by atoms with van der Waals surface area (Å²) in [4.78, 5) is 11.0. The maximum Gasteiger partial charge on any atom is 0.248 e. The van der Waals surface area contributed by atoms with E-state index < -0.39 is 5.91 Å². The van der Waals surface area contributed by atoms with Crippen LogP contribution in [0.15, 0.2) is 24.3 Å². The Bertz CT molecular complexity index is 310.